The van der Waals surface area contributed by atoms with Gasteiger partial charge in [-0.25, -0.2) is 0 Å². The third-order valence-electron chi connectivity index (χ3n) is 4.05. The summed E-state index contributed by atoms with van der Waals surface area (Å²) in [6, 6.07) is 19.8. The first-order valence-electron chi connectivity index (χ1n) is 8.50. The maximum absolute atomic E-state index is 5.82. The number of hydrogen-bond donors (Lipinski definition) is 1. The van der Waals surface area contributed by atoms with Crippen molar-refractivity contribution < 1.29 is 4.42 Å². The molecule has 2 heterocycles. The quantitative estimate of drug-likeness (QED) is 0.568. The molecule has 2 aromatic heterocycles. The van der Waals surface area contributed by atoms with E-state index in [0.717, 1.165) is 17.8 Å². The number of aromatic nitrogens is 4. The zero-order valence-corrected chi connectivity index (χ0v) is 14.4. The highest BCUT2D eigenvalue weighted by Crippen LogP contribution is 2.23. The molecule has 0 aliphatic carbocycles. The smallest absolute Gasteiger partial charge is 0.247 e. The van der Waals surface area contributed by atoms with Crippen LogP contribution in [0.1, 0.15) is 24.4 Å². The molecule has 6 heteroatoms. The van der Waals surface area contributed by atoms with Crippen molar-refractivity contribution in [3.05, 3.63) is 84.5 Å². The highest BCUT2D eigenvalue weighted by atomic mass is 16.4. The molecule has 0 bridgehead atoms. The van der Waals surface area contributed by atoms with Gasteiger partial charge >= 0.3 is 0 Å². The van der Waals surface area contributed by atoms with Crippen molar-refractivity contribution >= 4 is 5.69 Å². The summed E-state index contributed by atoms with van der Waals surface area (Å²) in [4.78, 5) is 0. The minimum Gasteiger partial charge on any atom is -0.418 e. The third-order valence-corrected chi connectivity index (χ3v) is 4.05. The van der Waals surface area contributed by atoms with Crippen LogP contribution in [0.3, 0.4) is 0 Å². The van der Waals surface area contributed by atoms with Gasteiger partial charge in [-0.05, 0) is 42.8 Å². The molecule has 1 atom stereocenters. The Balaban J connectivity index is 1.46. The lowest BCUT2D eigenvalue weighted by Crippen LogP contribution is -2.08. The van der Waals surface area contributed by atoms with Gasteiger partial charge in [0.05, 0.1) is 6.54 Å². The molecule has 0 saturated carbocycles. The van der Waals surface area contributed by atoms with Gasteiger partial charge in [0.1, 0.15) is 6.04 Å². The molecule has 0 unspecified atom stereocenters. The maximum Gasteiger partial charge on any atom is 0.247 e. The highest BCUT2D eigenvalue weighted by molar-refractivity contribution is 5.52. The normalized spacial score (nSPS) is 12.0. The zero-order valence-electron chi connectivity index (χ0n) is 14.4. The Morgan fingerprint density at radius 1 is 1.04 bits per heavy atom. The molecule has 26 heavy (non-hydrogen) atoms. The summed E-state index contributed by atoms with van der Waals surface area (Å²) in [6.45, 7) is 2.73. The summed E-state index contributed by atoms with van der Waals surface area (Å²) in [5.41, 5.74) is 3.09. The van der Waals surface area contributed by atoms with Crippen molar-refractivity contribution in [3.63, 3.8) is 0 Å². The molecule has 0 spiro atoms. The van der Waals surface area contributed by atoms with E-state index in [1.807, 2.05) is 66.3 Å². The van der Waals surface area contributed by atoms with Crippen molar-refractivity contribution in [1.82, 2.24) is 20.0 Å². The second-order valence-corrected chi connectivity index (χ2v) is 6.08. The second kappa shape index (κ2) is 7.23. The predicted octanol–water partition coefficient (Wildman–Crippen LogP) is 4.15. The van der Waals surface area contributed by atoms with E-state index in [1.54, 1.807) is 6.20 Å². The van der Waals surface area contributed by atoms with Crippen molar-refractivity contribution in [2.45, 2.75) is 19.5 Å². The SMILES string of the molecule is C[C@@H](Nc1cccc(Cn2cccn2)c1)c1nnc(-c2ccccc2)o1. The summed E-state index contributed by atoms with van der Waals surface area (Å²) in [5.74, 6) is 1.09. The lowest BCUT2D eigenvalue weighted by molar-refractivity contribution is 0.485. The first kappa shape index (κ1) is 16.1. The largest absolute Gasteiger partial charge is 0.418 e. The molecule has 6 nitrogen and oxygen atoms in total. The molecule has 0 radical (unpaired) electrons. The van der Waals surface area contributed by atoms with Gasteiger partial charge in [-0.15, -0.1) is 10.2 Å². The Morgan fingerprint density at radius 2 is 1.92 bits per heavy atom. The van der Waals surface area contributed by atoms with Gasteiger partial charge in [0, 0.05) is 23.6 Å². The van der Waals surface area contributed by atoms with E-state index in [0.29, 0.717) is 11.8 Å². The van der Waals surface area contributed by atoms with Crippen LogP contribution in [0.25, 0.3) is 11.5 Å². The number of nitrogens with zero attached hydrogens (tertiary/aromatic N) is 4. The summed E-state index contributed by atoms with van der Waals surface area (Å²) in [5, 5.41) is 16.0. The molecule has 1 N–H and O–H groups in total. The zero-order chi connectivity index (χ0) is 17.8. The van der Waals surface area contributed by atoms with Gasteiger partial charge in [0.2, 0.25) is 11.8 Å². The topological polar surface area (TPSA) is 68.8 Å². The number of nitrogens with one attached hydrogen (secondary N) is 1. The number of rotatable bonds is 6. The number of benzene rings is 2. The minimum atomic E-state index is -0.0973. The standard InChI is InChI=1S/C20H19N5O/c1-15(19-23-24-20(26-19)17-8-3-2-4-9-17)22-18-10-5-7-16(13-18)14-25-12-6-11-21-25/h2-13,15,22H,14H2,1H3/t15-/m1/s1. The maximum atomic E-state index is 5.82. The van der Waals surface area contributed by atoms with Gasteiger partial charge in [0.25, 0.3) is 0 Å². The fourth-order valence-electron chi connectivity index (χ4n) is 2.76. The Labute approximate surface area is 151 Å². The molecule has 2 aromatic carbocycles. The Hall–Kier alpha value is -3.41. The first-order valence-corrected chi connectivity index (χ1v) is 8.50. The lowest BCUT2D eigenvalue weighted by atomic mass is 10.2. The fraction of sp³-hybridized carbons (Fsp3) is 0.150. The van der Waals surface area contributed by atoms with Crippen LogP contribution < -0.4 is 5.32 Å². The monoisotopic (exact) mass is 345 g/mol. The predicted molar refractivity (Wildman–Crippen MR) is 99.5 cm³/mol. The van der Waals surface area contributed by atoms with Gasteiger partial charge in [0.15, 0.2) is 0 Å². The van der Waals surface area contributed by atoms with Gasteiger partial charge < -0.3 is 9.73 Å². The van der Waals surface area contributed by atoms with Crippen LogP contribution >= 0.6 is 0 Å². The van der Waals surface area contributed by atoms with E-state index in [1.165, 1.54) is 5.56 Å². The van der Waals surface area contributed by atoms with E-state index in [2.05, 4.69) is 32.7 Å². The van der Waals surface area contributed by atoms with Crippen molar-refractivity contribution in [1.29, 1.82) is 0 Å². The van der Waals surface area contributed by atoms with E-state index in [9.17, 15) is 0 Å². The van der Waals surface area contributed by atoms with Gasteiger partial charge in [-0.1, -0.05) is 30.3 Å². The van der Waals surface area contributed by atoms with E-state index >= 15 is 0 Å². The van der Waals surface area contributed by atoms with E-state index < -0.39 is 0 Å². The van der Waals surface area contributed by atoms with Gasteiger partial charge in [-0.2, -0.15) is 5.10 Å². The average molecular weight is 345 g/mol. The Bertz CT molecular complexity index is 963. The summed E-state index contributed by atoms with van der Waals surface area (Å²) < 4.78 is 7.72. The van der Waals surface area contributed by atoms with E-state index in [4.69, 9.17) is 4.42 Å². The molecule has 130 valence electrons. The third kappa shape index (κ3) is 3.64. The minimum absolute atomic E-state index is 0.0973. The molecular formula is C20H19N5O. The molecule has 0 aliphatic rings. The van der Waals surface area contributed by atoms with Crippen molar-refractivity contribution in [2.24, 2.45) is 0 Å². The molecule has 0 amide bonds. The Morgan fingerprint density at radius 3 is 2.73 bits per heavy atom. The number of hydrogen-bond acceptors (Lipinski definition) is 5. The van der Waals surface area contributed by atoms with Crippen LogP contribution in [0.4, 0.5) is 5.69 Å². The fourth-order valence-corrected chi connectivity index (χ4v) is 2.76. The molecular weight excluding hydrogens is 326 g/mol. The number of anilines is 1. The molecule has 4 aromatic rings. The Kier molecular flexibility index (Phi) is 4.47. The second-order valence-electron chi connectivity index (χ2n) is 6.08. The summed E-state index contributed by atoms with van der Waals surface area (Å²) in [6.07, 6.45) is 3.73. The van der Waals surface area contributed by atoms with Crippen LogP contribution in [-0.2, 0) is 6.54 Å². The van der Waals surface area contributed by atoms with Crippen molar-refractivity contribution in [2.75, 3.05) is 5.32 Å². The lowest BCUT2D eigenvalue weighted by Gasteiger charge is -2.12. The highest BCUT2D eigenvalue weighted by Gasteiger charge is 2.15. The molecule has 0 saturated heterocycles. The van der Waals surface area contributed by atoms with Gasteiger partial charge in [-0.3, -0.25) is 4.68 Å². The van der Waals surface area contributed by atoms with Crippen LogP contribution in [0, 0.1) is 0 Å². The van der Waals surface area contributed by atoms with E-state index in [-0.39, 0.29) is 6.04 Å². The summed E-state index contributed by atoms with van der Waals surface area (Å²) in [7, 11) is 0. The molecule has 4 rings (SSSR count). The van der Waals surface area contributed by atoms with Crippen LogP contribution in [0.15, 0.2) is 77.5 Å². The van der Waals surface area contributed by atoms with Crippen LogP contribution in [0.5, 0.6) is 0 Å². The van der Waals surface area contributed by atoms with Crippen LogP contribution in [-0.4, -0.2) is 20.0 Å². The van der Waals surface area contributed by atoms with Crippen molar-refractivity contribution in [3.8, 4) is 11.5 Å². The average Bonchev–Trinajstić information content (AvgIpc) is 3.35. The first-order chi connectivity index (χ1) is 12.8. The molecule has 0 fully saturated rings. The molecule has 0 aliphatic heterocycles. The van der Waals surface area contributed by atoms with Crippen LogP contribution in [0.2, 0.25) is 0 Å². The summed E-state index contributed by atoms with van der Waals surface area (Å²) >= 11 is 0.